The zero-order valence-corrected chi connectivity index (χ0v) is 9.60. The van der Waals surface area contributed by atoms with Crippen LogP contribution in [0.3, 0.4) is 0 Å². The van der Waals surface area contributed by atoms with Crippen LogP contribution in [0.1, 0.15) is 12.0 Å². The van der Waals surface area contributed by atoms with Gasteiger partial charge in [-0.3, -0.25) is 4.57 Å². The van der Waals surface area contributed by atoms with Crippen LogP contribution in [0.15, 0.2) is 12.3 Å². The lowest BCUT2D eigenvalue weighted by Gasteiger charge is -2.04. The van der Waals surface area contributed by atoms with E-state index in [1.54, 1.807) is 13.3 Å². The SMILES string of the molecule is COCCCn1c(N)nc2c(C)ccnc21. The van der Waals surface area contributed by atoms with Gasteiger partial charge < -0.3 is 10.5 Å². The molecule has 0 saturated heterocycles. The second-order valence-electron chi connectivity index (χ2n) is 3.77. The van der Waals surface area contributed by atoms with Gasteiger partial charge in [-0.05, 0) is 25.0 Å². The van der Waals surface area contributed by atoms with Gasteiger partial charge in [0.05, 0.1) is 0 Å². The molecule has 86 valence electrons. The molecule has 0 aliphatic carbocycles. The number of anilines is 1. The molecule has 16 heavy (non-hydrogen) atoms. The highest BCUT2D eigenvalue weighted by molar-refractivity contribution is 5.77. The molecule has 2 N–H and O–H groups in total. The van der Waals surface area contributed by atoms with E-state index >= 15 is 0 Å². The topological polar surface area (TPSA) is 66.0 Å². The zero-order valence-electron chi connectivity index (χ0n) is 9.60. The van der Waals surface area contributed by atoms with Crippen molar-refractivity contribution in [1.82, 2.24) is 14.5 Å². The Hall–Kier alpha value is -1.62. The van der Waals surface area contributed by atoms with Crippen molar-refractivity contribution in [2.24, 2.45) is 0 Å². The molecule has 0 amide bonds. The molecule has 0 bridgehead atoms. The standard InChI is InChI=1S/C11H16N4O/c1-8-4-5-13-10-9(8)14-11(12)15(10)6-3-7-16-2/h4-5H,3,6-7H2,1-2H3,(H2,12,14). The minimum atomic E-state index is 0.521. The molecule has 0 fully saturated rings. The molecule has 0 aromatic carbocycles. The summed E-state index contributed by atoms with van der Waals surface area (Å²) in [6.07, 6.45) is 2.69. The quantitative estimate of drug-likeness (QED) is 0.790. The lowest BCUT2D eigenvalue weighted by molar-refractivity contribution is 0.191. The predicted octanol–water partition coefficient (Wildman–Crippen LogP) is 1.36. The van der Waals surface area contributed by atoms with Crippen molar-refractivity contribution in [3.63, 3.8) is 0 Å². The predicted molar refractivity (Wildman–Crippen MR) is 63.2 cm³/mol. The fourth-order valence-corrected chi connectivity index (χ4v) is 1.74. The van der Waals surface area contributed by atoms with E-state index in [1.165, 1.54) is 0 Å². The van der Waals surface area contributed by atoms with E-state index in [2.05, 4.69) is 9.97 Å². The molecular formula is C11H16N4O. The van der Waals surface area contributed by atoms with Crippen molar-refractivity contribution in [2.75, 3.05) is 19.5 Å². The maximum absolute atomic E-state index is 5.88. The number of nitrogen functional groups attached to an aromatic ring is 1. The monoisotopic (exact) mass is 220 g/mol. The molecule has 5 nitrogen and oxygen atoms in total. The first-order valence-corrected chi connectivity index (χ1v) is 5.30. The van der Waals surface area contributed by atoms with Crippen molar-refractivity contribution < 1.29 is 4.74 Å². The first-order valence-electron chi connectivity index (χ1n) is 5.30. The van der Waals surface area contributed by atoms with Crippen LogP contribution in [0, 0.1) is 6.92 Å². The van der Waals surface area contributed by atoms with Gasteiger partial charge in [-0.15, -0.1) is 0 Å². The number of imidazole rings is 1. The third-order valence-corrected chi connectivity index (χ3v) is 2.60. The summed E-state index contributed by atoms with van der Waals surface area (Å²) in [4.78, 5) is 8.65. The molecular weight excluding hydrogens is 204 g/mol. The summed E-state index contributed by atoms with van der Waals surface area (Å²) in [5, 5.41) is 0. The summed E-state index contributed by atoms with van der Waals surface area (Å²) < 4.78 is 6.95. The summed E-state index contributed by atoms with van der Waals surface area (Å²) in [5.41, 5.74) is 8.72. The maximum Gasteiger partial charge on any atom is 0.202 e. The third-order valence-electron chi connectivity index (χ3n) is 2.60. The lowest BCUT2D eigenvalue weighted by Crippen LogP contribution is -2.06. The Morgan fingerprint density at radius 3 is 3.06 bits per heavy atom. The number of aromatic nitrogens is 3. The molecule has 0 unspecified atom stereocenters. The summed E-state index contributed by atoms with van der Waals surface area (Å²) in [6, 6.07) is 1.94. The summed E-state index contributed by atoms with van der Waals surface area (Å²) >= 11 is 0. The van der Waals surface area contributed by atoms with Crippen LogP contribution in [-0.4, -0.2) is 28.3 Å². The van der Waals surface area contributed by atoms with Gasteiger partial charge in [-0.2, -0.15) is 0 Å². The summed E-state index contributed by atoms with van der Waals surface area (Å²) in [6.45, 7) is 3.51. The van der Waals surface area contributed by atoms with Crippen molar-refractivity contribution >= 4 is 17.1 Å². The molecule has 0 aliphatic heterocycles. The van der Waals surface area contributed by atoms with Crippen LogP contribution in [0.2, 0.25) is 0 Å². The fourth-order valence-electron chi connectivity index (χ4n) is 1.74. The highest BCUT2D eigenvalue weighted by atomic mass is 16.5. The van der Waals surface area contributed by atoms with Gasteiger partial charge >= 0.3 is 0 Å². The number of ether oxygens (including phenoxy) is 1. The van der Waals surface area contributed by atoms with Gasteiger partial charge in [0, 0.05) is 26.5 Å². The van der Waals surface area contributed by atoms with E-state index in [9.17, 15) is 0 Å². The van der Waals surface area contributed by atoms with Gasteiger partial charge in [0.2, 0.25) is 5.95 Å². The number of nitrogens with two attached hydrogens (primary N) is 1. The number of fused-ring (bicyclic) bond motifs is 1. The first kappa shape index (κ1) is 10.9. The molecule has 5 heteroatoms. The Labute approximate surface area is 94.2 Å². The molecule has 0 saturated carbocycles. The van der Waals surface area contributed by atoms with Crippen LogP contribution in [-0.2, 0) is 11.3 Å². The number of hydrogen-bond acceptors (Lipinski definition) is 4. The van der Waals surface area contributed by atoms with Crippen LogP contribution in [0.4, 0.5) is 5.95 Å². The molecule has 0 radical (unpaired) electrons. The molecule has 2 aromatic rings. The number of nitrogens with zero attached hydrogens (tertiary/aromatic N) is 3. The third kappa shape index (κ3) is 1.86. The van der Waals surface area contributed by atoms with E-state index in [-0.39, 0.29) is 0 Å². The molecule has 2 heterocycles. The Kier molecular flexibility index (Phi) is 3.05. The van der Waals surface area contributed by atoms with Gasteiger partial charge in [0.1, 0.15) is 5.52 Å². The van der Waals surface area contributed by atoms with E-state index in [1.807, 2.05) is 17.6 Å². The van der Waals surface area contributed by atoms with Crippen LogP contribution in [0.25, 0.3) is 11.2 Å². The number of hydrogen-bond donors (Lipinski definition) is 1. The van der Waals surface area contributed by atoms with Crippen LogP contribution < -0.4 is 5.73 Å². The van der Waals surface area contributed by atoms with Crippen molar-refractivity contribution in [3.05, 3.63) is 17.8 Å². The summed E-state index contributed by atoms with van der Waals surface area (Å²) in [7, 11) is 1.69. The highest BCUT2D eigenvalue weighted by Gasteiger charge is 2.10. The Balaban J connectivity index is 2.36. The Morgan fingerprint density at radius 1 is 1.50 bits per heavy atom. The average Bonchev–Trinajstić information content (AvgIpc) is 2.58. The van der Waals surface area contributed by atoms with Gasteiger partial charge in [-0.25, -0.2) is 9.97 Å². The second-order valence-corrected chi connectivity index (χ2v) is 3.77. The molecule has 0 spiro atoms. The first-order chi connectivity index (χ1) is 7.74. The zero-order chi connectivity index (χ0) is 11.5. The Morgan fingerprint density at radius 2 is 2.31 bits per heavy atom. The van der Waals surface area contributed by atoms with Crippen molar-refractivity contribution in [1.29, 1.82) is 0 Å². The van der Waals surface area contributed by atoms with Crippen molar-refractivity contribution in [3.8, 4) is 0 Å². The highest BCUT2D eigenvalue weighted by Crippen LogP contribution is 2.18. The summed E-state index contributed by atoms with van der Waals surface area (Å²) in [5.74, 6) is 0.521. The normalized spacial score (nSPS) is 11.1. The average molecular weight is 220 g/mol. The Bertz CT molecular complexity index is 492. The second kappa shape index (κ2) is 4.49. The maximum atomic E-state index is 5.88. The lowest BCUT2D eigenvalue weighted by atomic mass is 10.3. The van der Waals surface area contributed by atoms with Gasteiger partial charge in [0.25, 0.3) is 0 Å². The fraction of sp³-hybridized carbons (Fsp3) is 0.455. The van der Waals surface area contributed by atoms with Crippen LogP contribution in [0.5, 0.6) is 0 Å². The minimum absolute atomic E-state index is 0.521. The van der Waals surface area contributed by atoms with Crippen molar-refractivity contribution in [2.45, 2.75) is 19.9 Å². The number of methoxy groups -OCH3 is 1. The smallest absolute Gasteiger partial charge is 0.202 e. The largest absolute Gasteiger partial charge is 0.385 e. The van der Waals surface area contributed by atoms with Gasteiger partial charge in [-0.1, -0.05) is 0 Å². The molecule has 2 aromatic heterocycles. The van der Waals surface area contributed by atoms with Gasteiger partial charge in [0.15, 0.2) is 5.65 Å². The number of rotatable bonds is 4. The van der Waals surface area contributed by atoms with E-state index in [4.69, 9.17) is 10.5 Å². The van der Waals surface area contributed by atoms with E-state index in [0.717, 1.165) is 29.7 Å². The number of aryl methyl sites for hydroxylation is 2. The minimum Gasteiger partial charge on any atom is -0.385 e. The van der Waals surface area contributed by atoms with E-state index in [0.29, 0.717) is 12.6 Å². The van der Waals surface area contributed by atoms with E-state index < -0.39 is 0 Å². The number of pyridine rings is 1. The molecule has 0 atom stereocenters. The van der Waals surface area contributed by atoms with Crippen LogP contribution >= 0.6 is 0 Å². The molecule has 2 rings (SSSR count). The molecule has 0 aliphatic rings.